The van der Waals surface area contributed by atoms with Gasteiger partial charge in [0.25, 0.3) is 0 Å². The van der Waals surface area contributed by atoms with Gasteiger partial charge in [-0.05, 0) is 6.07 Å². The van der Waals surface area contributed by atoms with E-state index in [9.17, 15) is 9.18 Å². The summed E-state index contributed by atoms with van der Waals surface area (Å²) in [6.45, 7) is 5.34. The van der Waals surface area contributed by atoms with Crippen molar-refractivity contribution >= 4 is 5.91 Å². The van der Waals surface area contributed by atoms with Crippen molar-refractivity contribution in [2.45, 2.75) is 27.4 Å². The van der Waals surface area contributed by atoms with Gasteiger partial charge in [0.1, 0.15) is 12.4 Å². The number of hydrogen-bond acceptors (Lipinski definition) is 2. The molecular formula is C12H16FNO2. The second-order valence-corrected chi connectivity index (χ2v) is 4.56. The fourth-order valence-corrected chi connectivity index (χ4v) is 0.948. The average molecular weight is 225 g/mol. The van der Waals surface area contributed by atoms with Gasteiger partial charge < -0.3 is 0 Å². The highest BCUT2D eigenvalue weighted by molar-refractivity contribution is 5.80. The number of carbonyl (C=O) groups is 1. The summed E-state index contributed by atoms with van der Waals surface area (Å²) in [7, 11) is 0. The van der Waals surface area contributed by atoms with Crippen LogP contribution in [-0.2, 0) is 16.2 Å². The highest BCUT2D eigenvalue weighted by Crippen LogP contribution is 2.13. The van der Waals surface area contributed by atoms with Crippen LogP contribution in [0, 0.1) is 11.2 Å². The number of halogens is 1. The van der Waals surface area contributed by atoms with Crippen molar-refractivity contribution in [1.82, 2.24) is 5.48 Å². The van der Waals surface area contributed by atoms with Crippen molar-refractivity contribution in [3.05, 3.63) is 35.6 Å². The molecule has 88 valence electrons. The number of benzene rings is 1. The SMILES string of the molecule is CC(C)(C)C(=O)NOCc1ccccc1F. The Balaban J connectivity index is 2.43. The normalized spacial score (nSPS) is 11.2. The minimum absolute atomic E-state index is 0.0223. The molecule has 0 bridgehead atoms. The Morgan fingerprint density at radius 1 is 1.38 bits per heavy atom. The predicted molar refractivity (Wildman–Crippen MR) is 58.8 cm³/mol. The average Bonchev–Trinajstić information content (AvgIpc) is 2.19. The lowest BCUT2D eigenvalue weighted by Crippen LogP contribution is -2.34. The molecule has 0 aromatic heterocycles. The first-order chi connectivity index (χ1) is 7.41. The molecule has 0 unspecified atom stereocenters. The van der Waals surface area contributed by atoms with Gasteiger partial charge >= 0.3 is 0 Å². The highest BCUT2D eigenvalue weighted by Gasteiger charge is 2.21. The number of hydrogen-bond donors (Lipinski definition) is 1. The number of carbonyl (C=O) groups excluding carboxylic acids is 1. The largest absolute Gasteiger partial charge is 0.272 e. The Hall–Kier alpha value is -1.42. The van der Waals surface area contributed by atoms with Crippen LogP contribution in [0.15, 0.2) is 24.3 Å². The molecule has 0 heterocycles. The summed E-state index contributed by atoms with van der Waals surface area (Å²) in [6, 6.07) is 6.28. The van der Waals surface area contributed by atoms with Crippen molar-refractivity contribution in [3.8, 4) is 0 Å². The highest BCUT2D eigenvalue weighted by atomic mass is 19.1. The van der Waals surface area contributed by atoms with E-state index in [-0.39, 0.29) is 18.3 Å². The molecular weight excluding hydrogens is 209 g/mol. The van der Waals surface area contributed by atoms with Gasteiger partial charge in [-0.2, -0.15) is 0 Å². The minimum Gasteiger partial charge on any atom is -0.272 e. The molecule has 0 saturated carbocycles. The molecule has 0 aliphatic carbocycles. The van der Waals surface area contributed by atoms with Crippen LogP contribution in [-0.4, -0.2) is 5.91 Å². The summed E-state index contributed by atoms with van der Waals surface area (Å²) in [5, 5.41) is 0. The van der Waals surface area contributed by atoms with E-state index < -0.39 is 5.41 Å². The molecule has 0 saturated heterocycles. The molecule has 0 spiro atoms. The molecule has 1 aromatic carbocycles. The molecule has 0 fully saturated rings. The van der Waals surface area contributed by atoms with Crippen molar-refractivity contribution < 1.29 is 14.0 Å². The summed E-state index contributed by atoms with van der Waals surface area (Å²) in [5.41, 5.74) is 2.19. The summed E-state index contributed by atoms with van der Waals surface area (Å²) in [6.07, 6.45) is 0. The standard InChI is InChI=1S/C12H16FNO2/c1-12(2,3)11(15)14-16-8-9-6-4-5-7-10(9)13/h4-7H,8H2,1-3H3,(H,14,15). The number of nitrogens with one attached hydrogen (secondary N) is 1. The number of hydroxylamine groups is 1. The van der Waals surface area contributed by atoms with Gasteiger partial charge in [-0.15, -0.1) is 0 Å². The third kappa shape index (κ3) is 3.62. The van der Waals surface area contributed by atoms with Crippen molar-refractivity contribution in [1.29, 1.82) is 0 Å². The second-order valence-electron chi connectivity index (χ2n) is 4.56. The van der Waals surface area contributed by atoms with E-state index >= 15 is 0 Å². The Labute approximate surface area is 94.6 Å². The minimum atomic E-state index is -0.519. The van der Waals surface area contributed by atoms with E-state index in [0.717, 1.165) is 0 Å². The molecule has 1 N–H and O–H groups in total. The van der Waals surface area contributed by atoms with Gasteiger partial charge in [0.05, 0.1) is 0 Å². The van der Waals surface area contributed by atoms with E-state index in [1.54, 1.807) is 39.0 Å². The predicted octanol–water partition coefficient (Wildman–Crippen LogP) is 2.42. The van der Waals surface area contributed by atoms with Gasteiger partial charge in [-0.25, -0.2) is 9.87 Å². The molecule has 4 heteroatoms. The lowest BCUT2D eigenvalue weighted by Gasteiger charge is -2.17. The second kappa shape index (κ2) is 5.07. The van der Waals surface area contributed by atoms with Crippen LogP contribution in [0.5, 0.6) is 0 Å². The van der Waals surface area contributed by atoms with Crippen LogP contribution >= 0.6 is 0 Å². The zero-order valence-electron chi connectivity index (χ0n) is 9.71. The molecule has 16 heavy (non-hydrogen) atoms. The third-order valence-corrected chi connectivity index (χ3v) is 2.03. The number of amides is 1. The zero-order chi connectivity index (χ0) is 12.2. The van der Waals surface area contributed by atoms with Crippen LogP contribution < -0.4 is 5.48 Å². The fourth-order valence-electron chi connectivity index (χ4n) is 0.948. The quantitative estimate of drug-likeness (QED) is 0.802. The molecule has 1 rings (SSSR count). The summed E-state index contributed by atoms with van der Waals surface area (Å²) >= 11 is 0. The van der Waals surface area contributed by atoms with Gasteiger partial charge in [0, 0.05) is 11.0 Å². The van der Waals surface area contributed by atoms with Gasteiger partial charge in [-0.3, -0.25) is 9.63 Å². The van der Waals surface area contributed by atoms with Crippen LogP contribution in [0.2, 0.25) is 0 Å². The summed E-state index contributed by atoms with van der Waals surface area (Å²) < 4.78 is 13.2. The maximum atomic E-state index is 13.2. The van der Waals surface area contributed by atoms with Gasteiger partial charge in [0.2, 0.25) is 5.91 Å². The van der Waals surface area contributed by atoms with Crippen LogP contribution in [0.1, 0.15) is 26.3 Å². The van der Waals surface area contributed by atoms with E-state index in [0.29, 0.717) is 5.56 Å². The van der Waals surface area contributed by atoms with Crippen molar-refractivity contribution in [2.75, 3.05) is 0 Å². The molecule has 3 nitrogen and oxygen atoms in total. The Bertz CT molecular complexity index is 372. The summed E-state index contributed by atoms with van der Waals surface area (Å²) in [5.74, 6) is -0.573. The zero-order valence-corrected chi connectivity index (χ0v) is 9.71. The van der Waals surface area contributed by atoms with Crippen molar-refractivity contribution in [2.24, 2.45) is 5.41 Å². The van der Waals surface area contributed by atoms with E-state index in [4.69, 9.17) is 4.84 Å². The molecule has 0 aliphatic rings. The van der Waals surface area contributed by atoms with E-state index in [1.807, 2.05) is 0 Å². The van der Waals surface area contributed by atoms with Crippen LogP contribution in [0.3, 0.4) is 0 Å². The van der Waals surface area contributed by atoms with Crippen LogP contribution in [0.25, 0.3) is 0 Å². The third-order valence-electron chi connectivity index (χ3n) is 2.03. The first kappa shape index (κ1) is 12.6. The monoisotopic (exact) mass is 225 g/mol. The first-order valence-electron chi connectivity index (χ1n) is 5.07. The number of rotatable bonds is 3. The Morgan fingerprint density at radius 2 is 2.00 bits per heavy atom. The fraction of sp³-hybridized carbons (Fsp3) is 0.417. The topological polar surface area (TPSA) is 38.3 Å². The lowest BCUT2D eigenvalue weighted by molar-refractivity contribution is -0.142. The van der Waals surface area contributed by atoms with Crippen molar-refractivity contribution in [3.63, 3.8) is 0 Å². The van der Waals surface area contributed by atoms with Gasteiger partial charge in [0.15, 0.2) is 0 Å². The summed E-state index contributed by atoms with van der Waals surface area (Å²) in [4.78, 5) is 16.4. The van der Waals surface area contributed by atoms with E-state index in [1.165, 1.54) is 6.07 Å². The lowest BCUT2D eigenvalue weighted by atomic mass is 9.96. The molecule has 0 atom stereocenters. The first-order valence-corrected chi connectivity index (χ1v) is 5.07. The maximum absolute atomic E-state index is 13.2. The Kier molecular flexibility index (Phi) is 4.01. The van der Waals surface area contributed by atoms with Gasteiger partial charge in [-0.1, -0.05) is 39.0 Å². The molecule has 0 aliphatic heterocycles. The Morgan fingerprint density at radius 3 is 2.56 bits per heavy atom. The molecule has 0 radical (unpaired) electrons. The van der Waals surface area contributed by atoms with E-state index in [2.05, 4.69) is 5.48 Å². The molecule has 1 amide bonds. The smallest absolute Gasteiger partial charge is 0.248 e. The maximum Gasteiger partial charge on any atom is 0.248 e. The molecule has 1 aromatic rings. The van der Waals surface area contributed by atoms with Crippen LogP contribution in [0.4, 0.5) is 4.39 Å².